The van der Waals surface area contributed by atoms with E-state index in [0.717, 1.165) is 5.82 Å². The summed E-state index contributed by atoms with van der Waals surface area (Å²) in [6, 6.07) is 20.7. The van der Waals surface area contributed by atoms with Crippen LogP contribution in [0.2, 0.25) is 0 Å². The van der Waals surface area contributed by atoms with Crippen molar-refractivity contribution in [2.75, 3.05) is 0 Å². The molecule has 0 unspecified atom stereocenters. The van der Waals surface area contributed by atoms with Crippen LogP contribution in [-0.4, -0.2) is 14.8 Å². The molecule has 0 radical (unpaired) electrons. The van der Waals surface area contributed by atoms with Crippen molar-refractivity contribution >= 4 is 12.2 Å². The number of hydrogen-bond donors (Lipinski definition) is 1. The highest BCUT2D eigenvalue weighted by Gasteiger charge is 2.18. The van der Waals surface area contributed by atoms with Crippen LogP contribution < -0.4 is 0 Å². The first-order chi connectivity index (χ1) is 9.77. The summed E-state index contributed by atoms with van der Waals surface area (Å²) in [6.07, 6.45) is 0. The first-order valence-corrected chi connectivity index (χ1v) is 6.91. The Bertz CT molecular complexity index is 705. The average molecular weight is 281 g/mol. The number of benzene rings is 2. The van der Waals surface area contributed by atoms with E-state index in [0.29, 0.717) is 4.77 Å². The molecular formula is C16H15N3S. The third-order valence-electron chi connectivity index (χ3n) is 3.37. The molecule has 1 heterocycles. The maximum atomic E-state index is 5.39. The van der Waals surface area contributed by atoms with Crippen molar-refractivity contribution in [2.24, 2.45) is 0 Å². The highest BCUT2D eigenvalue weighted by Crippen LogP contribution is 2.27. The van der Waals surface area contributed by atoms with Gasteiger partial charge < -0.3 is 0 Å². The van der Waals surface area contributed by atoms with Crippen LogP contribution in [-0.2, 0) is 0 Å². The number of rotatable bonds is 3. The molecule has 1 aromatic heterocycles. The van der Waals surface area contributed by atoms with E-state index in [1.165, 1.54) is 11.1 Å². The van der Waals surface area contributed by atoms with E-state index in [9.17, 15) is 0 Å². The lowest BCUT2D eigenvalue weighted by Crippen LogP contribution is -2.14. The second-order valence-corrected chi connectivity index (χ2v) is 5.06. The summed E-state index contributed by atoms with van der Waals surface area (Å²) < 4.78 is 2.69. The molecule has 2 aromatic carbocycles. The van der Waals surface area contributed by atoms with Crippen molar-refractivity contribution in [3.8, 4) is 0 Å². The molecule has 0 bridgehead atoms. The van der Waals surface area contributed by atoms with Crippen LogP contribution in [0.4, 0.5) is 0 Å². The van der Waals surface area contributed by atoms with E-state index < -0.39 is 0 Å². The number of H-pyrrole nitrogens is 1. The molecule has 0 aliphatic carbocycles. The fourth-order valence-electron chi connectivity index (χ4n) is 2.45. The second-order valence-electron chi connectivity index (χ2n) is 4.67. The number of aryl methyl sites for hydroxylation is 1. The van der Waals surface area contributed by atoms with E-state index in [1.807, 2.05) is 43.3 Å². The van der Waals surface area contributed by atoms with Gasteiger partial charge in [-0.25, -0.2) is 0 Å². The maximum absolute atomic E-state index is 5.39. The second kappa shape index (κ2) is 5.43. The number of nitrogens with one attached hydrogen (secondary N) is 1. The molecule has 0 atom stereocenters. The molecule has 0 fully saturated rings. The summed E-state index contributed by atoms with van der Waals surface area (Å²) in [7, 11) is 0. The third-order valence-corrected chi connectivity index (χ3v) is 3.66. The zero-order valence-electron chi connectivity index (χ0n) is 11.2. The van der Waals surface area contributed by atoms with Crippen LogP contribution in [0.5, 0.6) is 0 Å². The van der Waals surface area contributed by atoms with Gasteiger partial charge in [0.25, 0.3) is 0 Å². The SMILES string of the molecule is Cc1n[nH]c(=S)n1C(c1ccccc1)c1ccccc1. The van der Waals surface area contributed by atoms with Crippen molar-refractivity contribution in [1.82, 2.24) is 14.8 Å². The molecule has 0 saturated heterocycles. The standard InChI is InChI=1S/C16H15N3S/c1-12-17-18-16(20)19(12)15(13-8-4-2-5-9-13)14-10-6-3-7-11-14/h2-11,15H,1H3,(H,18,20). The molecule has 20 heavy (non-hydrogen) atoms. The minimum absolute atomic E-state index is 0.0450. The molecule has 0 aliphatic rings. The van der Waals surface area contributed by atoms with Crippen molar-refractivity contribution < 1.29 is 0 Å². The zero-order valence-corrected chi connectivity index (χ0v) is 12.0. The van der Waals surface area contributed by atoms with Gasteiger partial charge in [-0.3, -0.25) is 9.67 Å². The predicted molar refractivity (Wildman–Crippen MR) is 82.3 cm³/mol. The van der Waals surface area contributed by atoms with Crippen LogP contribution >= 0.6 is 12.2 Å². The molecule has 3 aromatic rings. The predicted octanol–water partition coefficient (Wildman–Crippen LogP) is 3.89. The summed E-state index contributed by atoms with van der Waals surface area (Å²) in [5, 5.41) is 7.11. The summed E-state index contributed by atoms with van der Waals surface area (Å²) in [6.45, 7) is 1.96. The van der Waals surface area contributed by atoms with Crippen molar-refractivity contribution in [2.45, 2.75) is 13.0 Å². The Morgan fingerprint density at radius 1 is 0.950 bits per heavy atom. The summed E-state index contributed by atoms with van der Waals surface area (Å²) in [5.74, 6) is 0.882. The first-order valence-electron chi connectivity index (χ1n) is 6.51. The van der Waals surface area contributed by atoms with Crippen LogP contribution in [0.1, 0.15) is 23.0 Å². The van der Waals surface area contributed by atoms with Gasteiger partial charge in [-0.15, -0.1) is 0 Å². The van der Waals surface area contributed by atoms with Crippen LogP contribution in [0.25, 0.3) is 0 Å². The van der Waals surface area contributed by atoms with Crippen molar-refractivity contribution in [1.29, 1.82) is 0 Å². The van der Waals surface area contributed by atoms with Crippen LogP contribution in [0.15, 0.2) is 60.7 Å². The molecule has 3 nitrogen and oxygen atoms in total. The molecule has 0 spiro atoms. The zero-order chi connectivity index (χ0) is 13.9. The fraction of sp³-hybridized carbons (Fsp3) is 0.125. The Morgan fingerprint density at radius 2 is 1.45 bits per heavy atom. The number of aromatic amines is 1. The number of nitrogens with zero attached hydrogens (tertiary/aromatic N) is 2. The Labute approximate surface area is 122 Å². The molecule has 4 heteroatoms. The Balaban J connectivity index is 2.22. The molecular weight excluding hydrogens is 266 g/mol. The Kier molecular flexibility index (Phi) is 3.48. The smallest absolute Gasteiger partial charge is 0.196 e. The summed E-state index contributed by atoms with van der Waals surface area (Å²) in [4.78, 5) is 0. The van der Waals surface area contributed by atoms with E-state index in [2.05, 4.69) is 39.0 Å². The Morgan fingerprint density at radius 3 is 1.85 bits per heavy atom. The highest BCUT2D eigenvalue weighted by atomic mass is 32.1. The van der Waals surface area contributed by atoms with E-state index >= 15 is 0 Å². The lowest BCUT2D eigenvalue weighted by Gasteiger charge is -2.20. The third kappa shape index (κ3) is 2.30. The molecule has 0 saturated carbocycles. The van der Waals surface area contributed by atoms with E-state index in [4.69, 9.17) is 12.2 Å². The van der Waals surface area contributed by atoms with Gasteiger partial charge in [0.1, 0.15) is 5.82 Å². The molecule has 0 amide bonds. The fourth-order valence-corrected chi connectivity index (χ4v) is 2.73. The highest BCUT2D eigenvalue weighted by molar-refractivity contribution is 7.71. The molecule has 3 rings (SSSR count). The largest absolute Gasteiger partial charge is 0.293 e. The van der Waals surface area contributed by atoms with Gasteiger partial charge >= 0.3 is 0 Å². The van der Waals surface area contributed by atoms with E-state index in [1.54, 1.807) is 0 Å². The summed E-state index contributed by atoms with van der Waals surface area (Å²) in [5.41, 5.74) is 2.39. The van der Waals surface area contributed by atoms with Gasteiger partial charge in [0.15, 0.2) is 4.77 Å². The normalized spacial score (nSPS) is 10.9. The van der Waals surface area contributed by atoms with Gasteiger partial charge in [-0.2, -0.15) is 5.10 Å². The molecule has 100 valence electrons. The topological polar surface area (TPSA) is 33.6 Å². The van der Waals surface area contributed by atoms with Gasteiger partial charge in [-0.1, -0.05) is 60.7 Å². The molecule has 0 aliphatic heterocycles. The monoisotopic (exact) mass is 281 g/mol. The minimum atomic E-state index is 0.0450. The summed E-state index contributed by atoms with van der Waals surface area (Å²) >= 11 is 5.39. The van der Waals surface area contributed by atoms with Crippen molar-refractivity contribution in [3.05, 3.63) is 82.4 Å². The number of hydrogen-bond acceptors (Lipinski definition) is 2. The minimum Gasteiger partial charge on any atom is -0.293 e. The number of aromatic nitrogens is 3. The Hall–Kier alpha value is -2.20. The van der Waals surface area contributed by atoms with Crippen molar-refractivity contribution in [3.63, 3.8) is 0 Å². The van der Waals surface area contributed by atoms with Gasteiger partial charge in [0.05, 0.1) is 6.04 Å². The molecule has 1 N–H and O–H groups in total. The van der Waals surface area contributed by atoms with E-state index in [-0.39, 0.29) is 6.04 Å². The maximum Gasteiger partial charge on any atom is 0.196 e. The average Bonchev–Trinajstić information content (AvgIpc) is 2.82. The van der Waals surface area contributed by atoms with Gasteiger partial charge in [0.2, 0.25) is 0 Å². The lowest BCUT2D eigenvalue weighted by molar-refractivity contribution is 0.645. The van der Waals surface area contributed by atoms with Gasteiger partial charge in [-0.05, 0) is 30.3 Å². The first kappa shape index (κ1) is 12.8. The van der Waals surface area contributed by atoms with Crippen LogP contribution in [0.3, 0.4) is 0 Å². The quantitative estimate of drug-likeness (QED) is 0.739. The lowest BCUT2D eigenvalue weighted by atomic mass is 9.98. The van der Waals surface area contributed by atoms with Crippen LogP contribution in [0, 0.1) is 11.7 Å². The van der Waals surface area contributed by atoms with Gasteiger partial charge in [0, 0.05) is 0 Å².